The third-order valence-electron chi connectivity index (χ3n) is 2.42. The number of rotatable bonds is 6. The number of aryl methyl sites for hydroxylation is 1. The standard InChI is InChI=1S/C13H19N5O/c1-10(2)4-14-5-11-6-15-8-13(17-11)19-12-7-16-18(3)9-12/h6-10,14H,4-5H2,1-3H3. The van der Waals surface area contributed by atoms with Crippen LogP contribution in [0.25, 0.3) is 0 Å². The Bertz CT molecular complexity index is 523. The van der Waals surface area contributed by atoms with Gasteiger partial charge in [-0.25, -0.2) is 4.98 Å². The van der Waals surface area contributed by atoms with E-state index in [1.165, 1.54) is 0 Å². The van der Waals surface area contributed by atoms with Gasteiger partial charge in [-0.15, -0.1) is 0 Å². The normalized spacial score (nSPS) is 10.9. The van der Waals surface area contributed by atoms with Gasteiger partial charge in [-0.3, -0.25) is 9.67 Å². The van der Waals surface area contributed by atoms with Crippen molar-refractivity contribution in [3.05, 3.63) is 30.5 Å². The Morgan fingerprint density at radius 1 is 1.32 bits per heavy atom. The van der Waals surface area contributed by atoms with Gasteiger partial charge in [0.15, 0.2) is 5.75 Å². The molecule has 0 radical (unpaired) electrons. The molecule has 0 amide bonds. The molecule has 2 aromatic rings. The van der Waals surface area contributed by atoms with Crippen molar-refractivity contribution < 1.29 is 4.74 Å². The van der Waals surface area contributed by atoms with Crippen molar-refractivity contribution in [1.29, 1.82) is 0 Å². The molecule has 0 bridgehead atoms. The van der Waals surface area contributed by atoms with Crippen LogP contribution in [0.15, 0.2) is 24.8 Å². The summed E-state index contributed by atoms with van der Waals surface area (Å²) in [5, 5.41) is 7.36. The lowest BCUT2D eigenvalue weighted by Crippen LogP contribution is -2.19. The largest absolute Gasteiger partial charge is 0.434 e. The lowest BCUT2D eigenvalue weighted by Gasteiger charge is -2.07. The molecule has 2 rings (SSSR count). The Labute approximate surface area is 112 Å². The minimum atomic E-state index is 0.483. The van der Waals surface area contributed by atoms with Gasteiger partial charge >= 0.3 is 0 Å². The molecule has 6 heteroatoms. The molecule has 19 heavy (non-hydrogen) atoms. The monoisotopic (exact) mass is 261 g/mol. The smallest absolute Gasteiger partial charge is 0.238 e. The molecule has 0 aliphatic carbocycles. The van der Waals surface area contributed by atoms with Crippen LogP contribution < -0.4 is 10.1 Å². The molecule has 2 heterocycles. The van der Waals surface area contributed by atoms with E-state index in [-0.39, 0.29) is 0 Å². The molecule has 6 nitrogen and oxygen atoms in total. The number of nitrogens with one attached hydrogen (secondary N) is 1. The Kier molecular flexibility index (Phi) is 4.46. The number of nitrogens with zero attached hydrogens (tertiary/aromatic N) is 4. The molecule has 0 spiro atoms. The molecule has 0 saturated carbocycles. The predicted octanol–water partition coefficient (Wildman–Crippen LogP) is 1.75. The zero-order valence-corrected chi connectivity index (χ0v) is 11.5. The van der Waals surface area contributed by atoms with Crippen LogP contribution in [-0.4, -0.2) is 26.3 Å². The van der Waals surface area contributed by atoms with Crippen LogP contribution in [0.4, 0.5) is 0 Å². The number of ether oxygens (including phenoxy) is 1. The highest BCUT2D eigenvalue weighted by Gasteiger charge is 2.03. The molecule has 0 fully saturated rings. The fourth-order valence-electron chi connectivity index (χ4n) is 1.58. The van der Waals surface area contributed by atoms with Crippen molar-refractivity contribution in [1.82, 2.24) is 25.1 Å². The highest BCUT2D eigenvalue weighted by atomic mass is 16.5. The lowest BCUT2D eigenvalue weighted by molar-refractivity contribution is 0.454. The van der Waals surface area contributed by atoms with E-state index in [0.717, 1.165) is 12.2 Å². The maximum absolute atomic E-state index is 5.58. The fourth-order valence-corrected chi connectivity index (χ4v) is 1.58. The van der Waals surface area contributed by atoms with Crippen molar-refractivity contribution in [3.63, 3.8) is 0 Å². The Balaban J connectivity index is 1.95. The van der Waals surface area contributed by atoms with Gasteiger partial charge in [0.25, 0.3) is 0 Å². The summed E-state index contributed by atoms with van der Waals surface area (Å²) in [6.07, 6.45) is 6.76. The number of hydrogen-bond donors (Lipinski definition) is 1. The molecule has 0 aromatic carbocycles. The maximum Gasteiger partial charge on any atom is 0.238 e. The van der Waals surface area contributed by atoms with Crippen molar-refractivity contribution in [2.45, 2.75) is 20.4 Å². The zero-order valence-electron chi connectivity index (χ0n) is 11.5. The third kappa shape index (κ3) is 4.33. The van der Waals surface area contributed by atoms with E-state index >= 15 is 0 Å². The molecule has 1 N–H and O–H groups in total. The van der Waals surface area contributed by atoms with E-state index in [1.807, 2.05) is 7.05 Å². The first-order chi connectivity index (χ1) is 9.13. The fraction of sp³-hybridized carbons (Fsp3) is 0.462. The summed E-state index contributed by atoms with van der Waals surface area (Å²) in [5.41, 5.74) is 0.863. The van der Waals surface area contributed by atoms with Crippen LogP contribution in [0.1, 0.15) is 19.5 Å². The van der Waals surface area contributed by atoms with Crippen molar-refractivity contribution in [2.24, 2.45) is 13.0 Å². The topological polar surface area (TPSA) is 64.9 Å². The van der Waals surface area contributed by atoms with Gasteiger partial charge in [0.05, 0.1) is 24.3 Å². The minimum absolute atomic E-state index is 0.483. The quantitative estimate of drug-likeness (QED) is 0.858. The summed E-state index contributed by atoms with van der Waals surface area (Å²) in [6, 6.07) is 0. The van der Waals surface area contributed by atoms with Crippen LogP contribution in [0, 0.1) is 5.92 Å². The SMILES string of the molecule is CC(C)CNCc1cncc(Oc2cnn(C)c2)n1. The number of aromatic nitrogens is 4. The first-order valence-corrected chi connectivity index (χ1v) is 6.31. The van der Waals surface area contributed by atoms with Crippen LogP contribution >= 0.6 is 0 Å². The van der Waals surface area contributed by atoms with Gasteiger partial charge in [-0.1, -0.05) is 13.8 Å². The van der Waals surface area contributed by atoms with Crippen LogP contribution in [0.3, 0.4) is 0 Å². The molecule has 0 unspecified atom stereocenters. The Hall–Kier alpha value is -1.95. The highest BCUT2D eigenvalue weighted by Crippen LogP contribution is 2.17. The second-order valence-electron chi connectivity index (χ2n) is 4.83. The molecule has 0 aliphatic rings. The second-order valence-corrected chi connectivity index (χ2v) is 4.83. The van der Waals surface area contributed by atoms with Crippen molar-refractivity contribution in [3.8, 4) is 11.6 Å². The molecule has 0 aliphatic heterocycles. The average molecular weight is 261 g/mol. The maximum atomic E-state index is 5.58. The van der Waals surface area contributed by atoms with Gasteiger partial charge in [0, 0.05) is 19.8 Å². The Morgan fingerprint density at radius 2 is 2.16 bits per heavy atom. The summed E-state index contributed by atoms with van der Waals surface area (Å²) in [5.74, 6) is 1.75. The van der Waals surface area contributed by atoms with Crippen molar-refractivity contribution >= 4 is 0 Å². The molecular weight excluding hydrogens is 242 g/mol. The van der Waals surface area contributed by atoms with Crippen molar-refractivity contribution in [2.75, 3.05) is 6.54 Å². The van der Waals surface area contributed by atoms with Gasteiger partial charge in [-0.2, -0.15) is 5.10 Å². The predicted molar refractivity (Wildman–Crippen MR) is 71.9 cm³/mol. The van der Waals surface area contributed by atoms with E-state index in [0.29, 0.717) is 24.1 Å². The first kappa shape index (κ1) is 13.5. The summed E-state index contributed by atoms with van der Waals surface area (Å²) in [4.78, 5) is 8.52. The highest BCUT2D eigenvalue weighted by molar-refractivity contribution is 5.20. The summed E-state index contributed by atoms with van der Waals surface area (Å²) in [6.45, 7) is 5.98. The Morgan fingerprint density at radius 3 is 2.84 bits per heavy atom. The van der Waals surface area contributed by atoms with Crippen LogP contribution in [-0.2, 0) is 13.6 Å². The van der Waals surface area contributed by atoms with E-state index in [2.05, 4.69) is 34.2 Å². The molecule has 0 saturated heterocycles. The molecular formula is C13H19N5O. The van der Waals surface area contributed by atoms with Crippen LogP contribution in [0.2, 0.25) is 0 Å². The summed E-state index contributed by atoms with van der Waals surface area (Å²) >= 11 is 0. The third-order valence-corrected chi connectivity index (χ3v) is 2.42. The van der Waals surface area contributed by atoms with Gasteiger partial charge < -0.3 is 10.1 Å². The van der Waals surface area contributed by atoms with E-state index in [1.54, 1.807) is 29.5 Å². The zero-order chi connectivity index (χ0) is 13.7. The van der Waals surface area contributed by atoms with E-state index in [4.69, 9.17) is 4.74 Å². The molecule has 2 aromatic heterocycles. The van der Waals surface area contributed by atoms with Gasteiger partial charge in [-0.05, 0) is 12.5 Å². The summed E-state index contributed by atoms with van der Waals surface area (Å²) < 4.78 is 7.26. The number of hydrogen-bond acceptors (Lipinski definition) is 5. The van der Waals surface area contributed by atoms with Gasteiger partial charge in [0.2, 0.25) is 5.88 Å². The minimum Gasteiger partial charge on any atom is -0.434 e. The lowest BCUT2D eigenvalue weighted by atomic mass is 10.2. The molecule has 0 atom stereocenters. The van der Waals surface area contributed by atoms with E-state index in [9.17, 15) is 0 Å². The van der Waals surface area contributed by atoms with E-state index < -0.39 is 0 Å². The summed E-state index contributed by atoms with van der Waals surface area (Å²) in [7, 11) is 1.84. The molecule has 102 valence electrons. The first-order valence-electron chi connectivity index (χ1n) is 6.31. The average Bonchev–Trinajstić information content (AvgIpc) is 2.75. The van der Waals surface area contributed by atoms with Crippen LogP contribution in [0.5, 0.6) is 11.6 Å². The second kappa shape index (κ2) is 6.29. The van der Waals surface area contributed by atoms with Gasteiger partial charge in [0.1, 0.15) is 0 Å².